The second kappa shape index (κ2) is 9.78. The molecule has 2 unspecified atom stereocenters. The van der Waals surface area contributed by atoms with Crippen LogP contribution in [-0.4, -0.2) is 60.5 Å². The zero-order chi connectivity index (χ0) is 15.7. The molecule has 1 aliphatic rings. The number of aliphatic hydroxyl groups excluding tert-OH is 1. The highest BCUT2D eigenvalue weighted by atomic mass is 16.5. The highest BCUT2D eigenvalue weighted by Crippen LogP contribution is 2.17. The van der Waals surface area contributed by atoms with Crippen LogP contribution in [0.15, 0.2) is 0 Å². The number of hydrogen-bond donors (Lipinski definition) is 2. The molecule has 0 aromatic rings. The van der Waals surface area contributed by atoms with E-state index >= 15 is 0 Å². The van der Waals surface area contributed by atoms with Crippen molar-refractivity contribution >= 4 is 0 Å². The molecule has 0 aliphatic carbocycles. The van der Waals surface area contributed by atoms with Crippen LogP contribution in [0, 0.1) is 0 Å². The summed E-state index contributed by atoms with van der Waals surface area (Å²) in [6.45, 7) is 13.0. The number of aliphatic hydroxyl groups is 1. The topological polar surface area (TPSA) is 44.7 Å². The molecule has 1 saturated heterocycles. The van der Waals surface area contributed by atoms with Gasteiger partial charge in [0, 0.05) is 24.7 Å². The molecule has 2 atom stereocenters. The van der Waals surface area contributed by atoms with Gasteiger partial charge < -0.3 is 20.1 Å². The molecule has 1 fully saturated rings. The Labute approximate surface area is 131 Å². The van der Waals surface area contributed by atoms with Gasteiger partial charge in [-0.25, -0.2) is 0 Å². The Morgan fingerprint density at radius 3 is 2.81 bits per heavy atom. The molecule has 4 heteroatoms. The highest BCUT2D eigenvalue weighted by molar-refractivity contribution is 4.84. The number of nitrogens with zero attached hydrogens (tertiary/aromatic N) is 1. The van der Waals surface area contributed by atoms with E-state index in [0.717, 1.165) is 39.0 Å². The van der Waals surface area contributed by atoms with Crippen LogP contribution in [0.1, 0.15) is 59.8 Å². The van der Waals surface area contributed by atoms with Gasteiger partial charge in [0.05, 0.1) is 12.7 Å². The fourth-order valence-corrected chi connectivity index (χ4v) is 3.22. The fourth-order valence-electron chi connectivity index (χ4n) is 3.22. The smallest absolute Gasteiger partial charge is 0.0702 e. The van der Waals surface area contributed by atoms with Gasteiger partial charge in [0.2, 0.25) is 0 Å². The van der Waals surface area contributed by atoms with Crippen molar-refractivity contribution < 1.29 is 9.84 Å². The molecule has 1 aliphatic heterocycles. The average Bonchev–Trinajstić information content (AvgIpc) is 2.45. The van der Waals surface area contributed by atoms with Crippen LogP contribution in [0.25, 0.3) is 0 Å². The van der Waals surface area contributed by atoms with Gasteiger partial charge >= 0.3 is 0 Å². The van der Waals surface area contributed by atoms with Crippen LogP contribution < -0.4 is 5.32 Å². The Hall–Kier alpha value is -0.160. The Morgan fingerprint density at radius 2 is 2.19 bits per heavy atom. The van der Waals surface area contributed by atoms with E-state index in [4.69, 9.17) is 4.74 Å². The third kappa shape index (κ3) is 7.59. The number of rotatable bonds is 10. The minimum Gasteiger partial charge on any atom is -0.394 e. The number of likely N-dealkylation sites (tertiary alicyclic amines) is 1. The number of hydrogen-bond acceptors (Lipinski definition) is 4. The summed E-state index contributed by atoms with van der Waals surface area (Å²) in [5.74, 6) is 0. The van der Waals surface area contributed by atoms with E-state index in [0.29, 0.717) is 12.1 Å². The lowest BCUT2D eigenvalue weighted by atomic mass is 9.95. The van der Waals surface area contributed by atoms with Crippen molar-refractivity contribution in [2.45, 2.75) is 77.5 Å². The van der Waals surface area contributed by atoms with E-state index in [9.17, 15) is 5.11 Å². The maximum Gasteiger partial charge on any atom is 0.0702 e. The van der Waals surface area contributed by atoms with Crippen LogP contribution >= 0.6 is 0 Å². The normalized spacial score (nSPS) is 23.4. The number of nitrogens with one attached hydrogen (secondary N) is 1. The molecule has 0 radical (unpaired) electrons. The van der Waals surface area contributed by atoms with Crippen LogP contribution in [0.4, 0.5) is 0 Å². The molecule has 0 bridgehead atoms. The van der Waals surface area contributed by atoms with Crippen molar-refractivity contribution in [3.8, 4) is 0 Å². The van der Waals surface area contributed by atoms with E-state index < -0.39 is 0 Å². The van der Waals surface area contributed by atoms with Crippen molar-refractivity contribution in [2.75, 3.05) is 32.8 Å². The molecule has 4 nitrogen and oxygen atoms in total. The van der Waals surface area contributed by atoms with Gasteiger partial charge in [-0.3, -0.25) is 0 Å². The fraction of sp³-hybridized carbons (Fsp3) is 1.00. The molecular formula is C17H36N2O2. The predicted molar refractivity (Wildman–Crippen MR) is 88.7 cm³/mol. The highest BCUT2D eigenvalue weighted by Gasteiger charge is 2.25. The van der Waals surface area contributed by atoms with Gasteiger partial charge in [0.1, 0.15) is 0 Å². The van der Waals surface area contributed by atoms with Crippen molar-refractivity contribution in [1.82, 2.24) is 10.2 Å². The van der Waals surface area contributed by atoms with E-state index in [1.165, 1.54) is 19.4 Å². The van der Waals surface area contributed by atoms with Gasteiger partial charge in [-0.2, -0.15) is 0 Å². The maximum absolute atomic E-state index is 9.61. The van der Waals surface area contributed by atoms with Gasteiger partial charge in [-0.1, -0.05) is 20.8 Å². The van der Waals surface area contributed by atoms with Crippen molar-refractivity contribution in [3.05, 3.63) is 0 Å². The standard InChI is InChI=1S/C17H36N2O2/c1-5-12-21-16-8-6-10-19(13-16)11-7-9-17(4,14-20)18-15(2)3/h15-16,18,20H,5-14H2,1-4H3. The lowest BCUT2D eigenvalue weighted by Gasteiger charge is -2.35. The molecule has 21 heavy (non-hydrogen) atoms. The molecule has 0 aromatic heterocycles. The van der Waals surface area contributed by atoms with E-state index in [1.807, 2.05) is 0 Å². The van der Waals surface area contributed by atoms with Gasteiger partial charge in [-0.15, -0.1) is 0 Å². The van der Waals surface area contributed by atoms with E-state index in [-0.39, 0.29) is 12.1 Å². The Kier molecular flexibility index (Phi) is 8.79. The predicted octanol–water partition coefficient (Wildman–Crippen LogP) is 2.41. The van der Waals surface area contributed by atoms with Crippen molar-refractivity contribution in [2.24, 2.45) is 0 Å². The van der Waals surface area contributed by atoms with Gasteiger partial charge in [0.25, 0.3) is 0 Å². The molecule has 126 valence electrons. The van der Waals surface area contributed by atoms with Gasteiger partial charge in [-0.05, 0) is 52.1 Å². The zero-order valence-corrected chi connectivity index (χ0v) is 14.5. The molecule has 1 rings (SSSR count). The van der Waals surface area contributed by atoms with Crippen molar-refractivity contribution in [1.29, 1.82) is 0 Å². The molecule has 2 N–H and O–H groups in total. The molecule has 0 spiro atoms. The largest absolute Gasteiger partial charge is 0.394 e. The minimum atomic E-state index is -0.151. The summed E-state index contributed by atoms with van der Waals surface area (Å²) in [7, 11) is 0. The van der Waals surface area contributed by atoms with E-state index in [1.54, 1.807) is 0 Å². The lowest BCUT2D eigenvalue weighted by molar-refractivity contribution is -0.00106. The molecule has 0 saturated carbocycles. The molecule has 0 amide bonds. The number of piperidine rings is 1. The van der Waals surface area contributed by atoms with Gasteiger partial charge in [0.15, 0.2) is 0 Å². The number of ether oxygens (including phenoxy) is 1. The SMILES string of the molecule is CCCOC1CCCN(CCCC(C)(CO)NC(C)C)C1. The summed E-state index contributed by atoms with van der Waals surface area (Å²) < 4.78 is 5.89. The summed E-state index contributed by atoms with van der Waals surface area (Å²) in [5, 5.41) is 13.1. The first-order chi connectivity index (χ1) is 9.99. The Balaban J connectivity index is 2.27. The molecular weight excluding hydrogens is 264 g/mol. The third-order valence-corrected chi connectivity index (χ3v) is 4.21. The van der Waals surface area contributed by atoms with Crippen LogP contribution in [0.2, 0.25) is 0 Å². The second-order valence-electron chi connectivity index (χ2n) is 7.06. The van der Waals surface area contributed by atoms with E-state index in [2.05, 4.69) is 37.9 Å². The summed E-state index contributed by atoms with van der Waals surface area (Å²) in [6, 6.07) is 0.406. The lowest BCUT2D eigenvalue weighted by Crippen LogP contribution is -2.49. The third-order valence-electron chi connectivity index (χ3n) is 4.21. The quantitative estimate of drug-likeness (QED) is 0.650. The van der Waals surface area contributed by atoms with Crippen LogP contribution in [-0.2, 0) is 4.74 Å². The minimum absolute atomic E-state index is 0.151. The van der Waals surface area contributed by atoms with Crippen LogP contribution in [0.3, 0.4) is 0 Å². The summed E-state index contributed by atoms with van der Waals surface area (Å²) in [4.78, 5) is 2.52. The summed E-state index contributed by atoms with van der Waals surface area (Å²) >= 11 is 0. The molecule has 0 aromatic carbocycles. The van der Waals surface area contributed by atoms with Crippen LogP contribution in [0.5, 0.6) is 0 Å². The van der Waals surface area contributed by atoms with Crippen molar-refractivity contribution in [3.63, 3.8) is 0 Å². The maximum atomic E-state index is 9.61. The Morgan fingerprint density at radius 1 is 1.43 bits per heavy atom. The monoisotopic (exact) mass is 300 g/mol. The summed E-state index contributed by atoms with van der Waals surface area (Å²) in [6.07, 6.45) is 6.12. The summed E-state index contributed by atoms with van der Waals surface area (Å²) in [5.41, 5.74) is -0.151. The second-order valence-corrected chi connectivity index (χ2v) is 7.06. The Bertz CT molecular complexity index is 274. The first kappa shape index (κ1) is 18.9. The molecule has 1 heterocycles. The zero-order valence-electron chi connectivity index (χ0n) is 14.5. The first-order valence-corrected chi connectivity index (χ1v) is 8.71. The average molecular weight is 300 g/mol. The first-order valence-electron chi connectivity index (χ1n) is 8.71.